The molecular formula is C17H21N3O3. The van der Waals surface area contributed by atoms with Gasteiger partial charge in [-0.15, -0.1) is 0 Å². The summed E-state index contributed by atoms with van der Waals surface area (Å²) < 4.78 is 1.65. The van der Waals surface area contributed by atoms with Crippen molar-refractivity contribution in [1.82, 2.24) is 9.55 Å². The Morgan fingerprint density at radius 1 is 1.26 bits per heavy atom. The van der Waals surface area contributed by atoms with E-state index in [0.717, 1.165) is 17.0 Å². The van der Waals surface area contributed by atoms with E-state index in [1.165, 1.54) is 6.33 Å². The van der Waals surface area contributed by atoms with Crippen molar-refractivity contribution in [2.75, 3.05) is 0 Å². The van der Waals surface area contributed by atoms with E-state index in [-0.39, 0.29) is 18.8 Å². The van der Waals surface area contributed by atoms with Gasteiger partial charge in [-0.3, -0.25) is 4.79 Å². The minimum Gasteiger partial charge on any atom is -0.480 e. The van der Waals surface area contributed by atoms with Gasteiger partial charge in [0.05, 0.1) is 12.0 Å². The Hall–Kier alpha value is -2.63. The summed E-state index contributed by atoms with van der Waals surface area (Å²) in [4.78, 5) is 27.1. The Morgan fingerprint density at radius 3 is 2.43 bits per heavy atom. The van der Waals surface area contributed by atoms with E-state index in [4.69, 9.17) is 5.73 Å². The number of carbonyl (C=O) groups is 2. The number of aromatic nitrogens is 2. The van der Waals surface area contributed by atoms with Crippen molar-refractivity contribution >= 4 is 11.9 Å². The van der Waals surface area contributed by atoms with Crippen LogP contribution in [0.5, 0.6) is 0 Å². The first-order valence-electron chi connectivity index (χ1n) is 7.55. The quantitative estimate of drug-likeness (QED) is 0.820. The number of amides is 1. The molecule has 1 heterocycles. The Kier molecular flexibility index (Phi) is 5.16. The highest BCUT2D eigenvalue weighted by Gasteiger charge is 2.26. The molecule has 6 heteroatoms. The lowest BCUT2D eigenvalue weighted by Crippen LogP contribution is -2.23. The van der Waals surface area contributed by atoms with Crippen LogP contribution < -0.4 is 5.73 Å². The summed E-state index contributed by atoms with van der Waals surface area (Å²) in [5.41, 5.74) is 7.71. The molecule has 3 N–H and O–H groups in total. The Labute approximate surface area is 135 Å². The van der Waals surface area contributed by atoms with Gasteiger partial charge in [-0.25, -0.2) is 9.78 Å². The zero-order valence-electron chi connectivity index (χ0n) is 13.3. The van der Waals surface area contributed by atoms with Gasteiger partial charge in [0.25, 0.3) is 0 Å². The standard InChI is InChI=1S/C17H21N3O3/c1-11(2)16-15(12-6-4-3-5-7-12)19-10-20(16)13(17(22)23)8-9-14(18)21/h3-7,10-11,13H,8-9H2,1-2H3,(H2,18,21)(H,22,23)/t13-/m0/s1. The molecule has 2 aromatic rings. The van der Waals surface area contributed by atoms with Crippen LogP contribution in [0.25, 0.3) is 11.3 Å². The Bertz CT molecular complexity index is 692. The molecule has 1 atom stereocenters. The highest BCUT2D eigenvalue weighted by molar-refractivity contribution is 5.77. The number of imidazole rings is 1. The molecule has 2 rings (SSSR count). The van der Waals surface area contributed by atoms with Crippen LogP contribution in [0.3, 0.4) is 0 Å². The third-order valence-electron chi connectivity index (χ3n) is 3.71. The van der Waals surface area contributed by atoms with Crippen LogP contribution >= 0.6 is 0 Å². The SMILES string of the molecule is CC(C)c1c(-c2ccccc2)ncn1[C@@H](CCC(N)=O)C(=O)O. The summed E-state index contributed by atoms with van der Waals surface area (Å²) in [6.07, 6.45) is 1.71. The number of carboxylic acid groups (broad SMARTS) is 1. The minimum absolute atomic E-state index is 0.0212. The van der Waals surface area contributed by atoms with Crippen LogP contribution in [0.4, 0.5) is 0 Å². The molecule has 23 heavy (non-hydrogen) atoms. The minimum atomic E-state index is -0.995. The van der Waals surface area contributed by atoms with Gasteiger partial charge in [-0.05, 0) is 12.3 Å². The van der Waals surface area contributed by atoms with E-state index >= 15 is 0 Å². The zero-order chi connectivity index (χ0) is 17.0. The fourth-order valence-corrected chi connectivity index (χ4v) is 2.67. The van der Waals surface area contributed by atoms with Crippen LogP contribution in [-0.2, 0) is 9.59 Å². The van der Waals surface area contributed by atoms with Gasteiger partial charge in [-0.2, -0.15) is 0 Å². The number of hydrogen-bond acceptors (Lipinski definition) is 3. The summed E-state index contributed by atoms with van der Waals surface area (Å²) in [6, 6.07) is 8.78. The molecule has 0 saturated carbocycles. The van der Waals surface area contributed by atoms with Crippen LogP contribution in [0, 0.1) is 0 Å². The molecule has 122 valence electrons. The summed E-state index contributed by atoms with van der Waals surface area (Å²) in [5, 5.41) is 9.52. The van der Waals surface area contributed by atoms with Crippen LogP contribution in [0.2, 0.25) is 0 Å². The summed E-state index contributed by atoms with van der Waals surface area (Å²) in [5.74, 6) is -1.42. The van der Waals surface area contributed by atoms with E-state index in [0.29, 0.717) is 0 Å². The molecule has 0 aliphatic carbocycles. The molecule has 1 amide bonds. The van der Waals surface area contributed by atoms with Crippen molar-refractivity contribution in [1.29, 1.82) is 0 Å². The van der Waals surface area contributed by atoms with Crippen LogP contribution in [-0.4, -0.2) is 26.5 Å². The molecule has 0 bridgehead atoms. The topological polar surface area (TPSA) is 98.2 Å². The second-order valence-electron chi connectivity index (χ2n) is 5.77. The first-order chi connectivity index (χ1) is 10.9. The summed E-state index contributed by atoms with van der Waals surface area (Å²) in [6.45, 7) is 3.99. The van der Waals surface area contributed by atoms with Crippen molar-refractivity contribution in [2.45, 2.75) is 38.6 Å². The van der Waals surface area contributed by atoms with E-state index in [9.17, 15) is 14.7 Å². The number of carbonyl (C=O) groups excluding carboxylic acids is 1. The number of nitrogens with zero attached hydrogens (tertiary/aromatic N) is 2. The summed E-state index contributed by atoms with van der Waals surface area (Å²) in [7, 11) is 0. The Balaban J connectivity index is 2.47. The van der Waals surface area contributed by atoms with Crippen molar-refractivity contribution in [3.63, 3.8) is 0 Å². The van der Waals surface area contributed by atoms with E-state index in [1.54, 1.807) is 4.57 Å². The van der Waals surface area contributed by atoms with Crippen molar-refractivity contribution in [3.05, 3.63) is 42.4 Å². The normalized spacial score (nSPS) is 12.3. The number of primary amides is 1. The van der Waals surface area contributed by atoms with Crippen molar-refractivity contribution in [2.24, 2.45) is 5.73 Å². The monoisotopic (exact) mass is 315 g/mol. The molecule has 6 nitrogen and oxygen atoms in total. The van der Waals surface area contributed by atoms with Gasteiger partial charge in [0, 0.05) is 17.7 Å². The second-order valence-corrected chi connectivity index (χ2v) is 5.77. The maximum Gasteiger partial charge on any atom is 0.326 e. The number of carboxylic acids is 1. The Morgan fingerprint density at radius 2 is 1.91 bits per heavy atom. The maximum absolute atomic E-state index is 11.6. The summed E-state index contributed by atoms with van der Waals surface area (Å²) >= 11 is 0. The molecule has 0 aliphatic rings. The average molecular weight is 315 g/mol. The molecule has 0 fully saturated rings. The van der Waals surface area contributed by atoms with Crippen molar-refractivity contribution in [3.8, 4) is 11.3 Å². The molecule has 0 radical (unpaired) electrons. The number of hydrogen-bond donors (Lipinski definition) is 2. The lowest BCUT2D eigenvalue weighted by molar-refractivity contribution is -0.141. The highest BCUT2D eigenvalue weighted by atomic mass is 16.4. The highest BCUT2D eigenvalue weighted by Crippen LogP contribution is 2.31. The largest absolute Gasteiger partial charge is 0.480 e. The molecule has 0 aliphatic heterocycles. The smallest absolute Gasteiger partial charge is 0.326 e. The van der Waals surface area contributed by atoms with Gasteiger partial charge < -0.3 is 15.4 Å². The fourth-order valence-electron chi connectivity index (χ4n) is 2.67. The molecular weight excluding hydrogens is 294 g/mol. The van der Waals surface area contributed by atoms with Gasteiger partial charge in [0.15, 0.2) is 0 Å². The third kappa shape index (κ3) is 3.77. The number of rotatable bonds is 7. The molecule has 1 aromatic carbocycles. The number of nitrogens with two attached hydrogens (primary N) is 1. The first kappa shape index (κ1) is 16.7. The van der Waals surface area contributed by atoms with E-state index < -0.39 is 17.9 Å². The first-order valence-corrected chi connectivity index (χ1v) is 7.55. The lowest BCUT2D eigenvalue weighted by Gasteiger charge is -2.19. The molecule has 0 saturated heterocycles. The van der Waals surface area contributed by atoms with Gasteiger partial charge >= 0.3 is 5.97 Å². The third-order valence-corrected chi connectivity index (χ3v) is 3.71. The molecule has 1 aromatic heterocycles. The second kappa shape index (κ2) is 7.09. The fraction of sp³-hybridized carbons (Fsp3) is 0.353. The van der Waals surface area contributed by atoms with E-state index in [2.05, 4.69) is 4.98 Å². The van der Waals surface area contributed by atoms with Gasteiger partial charge in [-0.1, -0.05) is 44.2 Å². The number of aliphatic carboxylic acids is 1. The van der Waals surface area contributed by atoms with Crippen LogP contribution in [0.15, 0.2) is 36.7 Å². The zero-order valence-corrected chi connectivity index (χ0v) is 13.3. The van der Waals surface area contributed by atoms with Gasteiger partial charge in [0.1, 0.15) is 6.04 Å². The van der Waals surface area contributed by atoms with E-state index in [1.807, 2.05) is 44.2 Å². The van der Waals surface area contributed by atoms with Crippen molar-refractivity contribution < 1.29 is 14.7 Å². The maximum atomic E-state index is 11.6. The van der Waals surface area contributed by atoms with Gasteiger partial charge in [0.2, 0.25) is 5.91 Å². The molecule has 0 unspecified atom stereocenters. The predicted molar refractivity (Wildman–Crippen MR) is 86.9 cm³/mol. The van der Waals surface area contributed by atoms with Crippen LogP contribution in [0.1, 0.15) is 44.3 Å². The predicted octanol–water partition coefficient (Wildman–Crippen LogP) is 2.56. The average Bonchev–Trinajstić information content (AvgIpc) is 2.92. The lowest BCUT2D eigenvalue weighted by atomic mass is 10.0. The number of benzene rings is 1. The molecule has 0 spiro atoms.